The van der Waals surface area contributed by atoms with Crippen molar-refractivity contribution in [3.05, 3.63) is 106 Å². The molecule has 0 unspecified atom stereocenters. The lowest BCUT2D eigenvalue weighted by Gasteiger charge is -2.13. The van der Waals surface area contributed by atoms with Crippen LogP contribution in [-0.4, -0.2) is 9.38 Å². The first-order valence-electron chi connectivity index (χ1n) is 11.8. The number of aromatic nitrogens is 2. The number of imidazole rings is 1. The van der Waals surface area contributed by atoms with Gasteiger partial charge < -0.3 is 0 Å². The van der Waals surface area contributed by atoms with Crippen LogP contribution in [-0.2, 0) is 12.8 Å². The monoisotopic (exact) mass is 422 g/mol. The highest BCUT2D eigenvalue weighted by molar-refractivity contribution is 6.14. The molecule has 8 rings (SSSR count). The van der Waals surface area contributed by atoms with Crippen LogP contribution in [0.15, 0.2) is 72.8 Å². The van der Waals surface area contributed by atoms with Gasteiger partial charge in [0.15, 0.2) is 0 Å². The van der Waals surface area contributed by atoms with Gasteiger partial charge in [0.05, 0.1) is 11.2 Å². The predicted molar refractivity (Wildman–Crippen MR) is 136 cm³/mol. The van der Waals surface area contributed by atoms with Crippen molar-refractivity contribution in [1.29, 1.82) is 0 Å². The summed E-state index contributed by atoms with van der Waals surface area (Å²) < 4.78 is 2.42. The molecule has 0 radical (unpaired) electrons. The van der Waals surface area contributed by atoms with Crippen LogP contribution in [0.1, 0.15) is 33.6 Å². The average molecular weight is 423 g/mol. The van der Waals surface area contributed by atoms with Crippen LogP contribution in [0.3, 0.4) is 0 Å². The normalized spacial score (nSPS) is 13.5. The lowest BCUT2D eigenvalue weighted by molar-refractivity contribution is 1.12. The Morgan fingerprint density at radius 1 is 0.606 bits per heavy atom. The number of hydrogen-bond acceptors (Lipinski definition) is 1. The molecule has 6 aromatic rings. The van der Waals surface area contributed by atoms with Crippen LogP contribution in [0.25, 0.3) is 49.6 Å². The number of pyridine rings is 1. The zero-order valence-electron chi connectivity index (χ0n) is 18.7. The smallest absolute Gasteiger partial charge is 0.145 e. The van der Waals surface area contributed by atoms with Gasteiger partial charge in [0.2, 0.25) is 0 Å². The molecule has 2 nitrogen and oxygen atoms in total. The molecule has 0 spiro atoms. The summed E-state index contributed by atoms with van der Waals surface area (Å²) in [4.78, 5) is 5.01. The van der Waals surface area contributed by atoms with E-state index in [-0.39, 0.29) is 0 Å². The Hall–Kier alpha value is -3.91. The highest BCUT2D eigenvalue weighted by atomic mass is 15.0. The van der Waals surface area contributed by atoms with Gasteiger partial charge in [-0.15, -0.1) is 0 Å². The predicted octanol–water partition coefficient (Wildman–Crippen LogP) is 7.40. The molecule has 0 bridgehead atoms. The van der Waals surface area contributed by atoms with Gasteiger partial charge in [0.1, 0.15) is 5.65 Å². The third-order valence-electron chi connectivity index (χ3n) is 8.06. The number of hydrogen-bond donors (Lipinski definition) is 0. The molecule has 33 heavy (non-hydrogen) atoms. The van der Waals surface area contributed by atoms with Gasteiger partial charge in [-0.3, -0.25) is 4.40 Å². The lowest BCUT2D eigenvalue weighted by atomic mass is 9.96. The second-order valence-corrected chi connectivity index (χ2v) is 9.60. The minimum atomic E-state index is 0.989. The van der Waals surface area contributed by atoms with Crippen molar-refractivity contribution < 1.29 is 0 Å². The summed E-state index contributed by atoms with van der Waals surface area (Å²) in [6.45, 7) is 4.34. The van der Waals surface area contributed by atoms with Crippen molar-refractivity contribution in [2.75, 3.05) is 0 Å². The molecule has 2 heterocycles. The maximum absolute atomic E-state index is 5.01. The molecule has 2 heteroatoms. The maximum atomic E-state index is 5.01. The van der Waals surface area contributed by atoms with Crippen molar-refractivity contribution in [3.63, 3.8) is 0 Å². The molecule has 0 aliphatic heterocycles. The topological polar surface area (TPSA) is 17.3 Å². The molecule has 0 atom stereocenters. The van der Waals surface area contributed by atoms with Crippen LogP contribution in [0.4, 0.5) is 0 Å². The molecule has 156 valence electrons. The Kier molecular flexibility index (Phi) is 3.15. The molecule has 0 fully saturated rings. The van der Waals surface area contributed by atoms with Gasteiger partial charge >= 0.3 is 0 Å². The molecule has 4 aromatic carbocycles. The van der Waals surface area contributed by atoms with Crippen molar-refractivity contribution in [1.82, 2.24) is 9.38 Å². The fourth-order valence-electron chi connectivity index (χ4n) is 6.42. The van der Waals surface area contributed by atoms with E-state index in [0.717, 1.165) is 24.2 Å². The summed E-state index contributed by atoms with van der Waals surface area (Å²) in [6, 6.07) is 27.0. The lowest BCUT2D eigenvalue weighted by Crippen LogP contribution is -1.98. The number of benzene rings is 4. The van der Waals surface area contributed by atoms with E-state index in [4.69, 9.17) is 4.98 Å². The van der Waals surface area contributed by atoms with E-state index in [0.29, 0.717) is 0 Å². The molecule has 2 aliphatic rings. The quantitative estimate of drug-likeness (QED) is 0.233. The van der Waals surface area contributed by atoms with E-state index < -0.39 is 0 Å². The molecule has 0 saturated heterocycles. The maximum Gasteiger partial charge on any atom is 0.145 e. The first-order valence-corrected chi connectivity index (χ1v) is 11.8. The van der Waals surface area contributed by atoms with E-state index in [1.165, 1.54) is 71.9 Å². The van der Waals surface area contributed by atoms with Crippen LogP contribution >= 0.6 is 0 Å². The third kappa shape index (κ3) is 2.07. The largest absolute Gasteiger partial charge is 0.296 e. The molecular weight excluding hydrogens is 400 g/mol. The molecular formula is C31H22N2. The van der Waals surface area contributed by atoms with Crippen molar-refractivity contribution >= 4 is 27.3 Å². The minimum Gasteiger partial charge on any atom is -0.296 e. The van der Waals surface area contributed by atoms with E-state index in [1.807, 2.05) is 0 Å². The van der Waals surface area contributed by atoms with Gasteiger partial charge in [0.25, 0.3) is 0 Å². The zero-order chi connectivity index (χ0) is 21.8. The summed E-state index contributed by atoms with van der Waals surface area (Å²) >= 11 is 0. The van der Waals surface area contributed by atoms with Gasteiger partial charge in [0, 0.05) is 22.9 Å². The Bertz CT molecular complexity index is 1830. The summed E-state index contributed by atoms with van der Waals surface area (Å²) in [6.07, 6.45) is 2.03. The zero-order valence-corrected chi connectivity index (χ0v) is 18.7. The van der Waals surface area contributed by atoms with Crippen LogP contribution in [0.5, 0.6) is 0 Å². The van der Waals surface area contributed by atoms with Gasteiger partial charge in [-0.05, 0) is 70.2 Å². The Labute approximate surface area is 192 Å². The Balaban J connectivity index is 1.48. The van der Waals surface area contributed by atoms with Gasteiger partial charge in [-0.1, -0.05) is 72.8 Å². The fraction of sp³-hybridized carbons (Fsp3) is 0.129. The standard InChI is InChI=1S/C31H22N2/c1-17-18(2)33-30-25(21-9-5-6-10-26(21)31(33)32-17)14-13-24-23-12-11-22-20-8-4-3-7-19(20)15-27(22)28(23)16-29(24)30/h3-14H,15-16H2,1-2H3. The number of aryl methyl sites for hydroxylation is 2. The second-order valence-electron chi connectivity index (χ2n) is 9.60. The SMILES string of the molecule is Cc1nc2c3ccccc3c3ccc4c(c3n2c1C)Cc1c-4ccc2c1Cc1ccccc1-2. The van der Waals surface area contributed by atoms with Crippen molar-refractivity contribution in [2.24, 2.45) is 0 Å². The van der Waals surface area contributed by atoms with Gasteiger partial charge in [-0.25, -0.2) is 4.98 Å². The average Bonchev–Trinajstić information content (AvgIpc) is 3.50. The minimum absolute atomic E-state index is 0.989. The molecule has 2 aromatic heterocycles. The van der Waals surface area contributed by atoms with E-state index in [1.54, 1.807) is 0 Å². The van der Waals surface area contributed by atoms with E-state index in [9.17, 15) is 0 Å². The molecule has 2 aliphatic carbocycles. The first-order chi connectivity index (χ1) is 16.2. The Morgan fingerprint density at radius 3 is 2.15 bits per heavy atom. The first kappa shape index (κ1) is 17.6. The van der Waals surface area contributed by atoms with Crippen LogP contribution in [0, 0.1) is 13.8 Å². The fourth-order valence-corrected chi connectivity index (χ4v) is 6.42. The summed E-state index contributed by atoms with van der Waals surface area (Å²) in [5.74, 6) is 0. The number of nitrogens with zero attached hydrogens (tertiary/aromatic N) is 2. The van der Waals surface area contributed by atoms with Crippen molar-refractivity contribution in [2.45, 2.75) is 26.7 Å². The van der Waals surface area contributed by atoms with E-state index in [2.05, 4.69) is 91.0 Å². The van der Waals surface area contributed by atoms with Gasteiger partial charge in [-0.2, -0.15) is 0 Å². The molecule has 0 saturated carbocycles. The number of fused-ring (bicyclic) bond motifs is 14. The molecule has 0 amide bonds. The number of rotatable bonds is 0. The Morgan fingerprint density at radius 2 is 1.27 bits per heavy atom. The van der Waals surface area contributed by atoms with Crippen LogP contribution < -0.4 is 0 Å². The second kappa shape index (κ2) is 5.90. The summed E-state index contributed by atoms with van der Waals surface area (Å²) in [7, 11) is 0. The summed E-state index contributed by atoms with van der Waals surface area (Å²) in [5, 5.41) is 3.85. The van der Waals surface area contributed by atoms with E-state index >= 15 is 0 Å². The molecule has 0 N–H and O–H groups in total. The van der Waals surface area contributed by atoms with Crippen molar-refractivity contribution in [3.8, 4) is 22.3 Å². The highest BCUT2D eigenvalue weighted by Crippen LogP contribution is 2.48. The summed E-state index contributed by atoms with van der Waals surface area (Å²) in [5.41, 5.74) is 16.3. The third-order valence-corrected chi connectivity index (χ3v) is 8.06. The van der Waals surface area contributed by atoms with Crippen LogP contribution in [0.2, 0.25) is 0 Å². The highest BCUT2D eigenvalue weighted by Gasteiger charge is 2.30.